The van der Waals surface area contributed by atoms with Crippen LogP contribution in [0.1, 0.15) is 61.9 Å². The van der Waals surface area contributed by atoms with Gasteiger partial charge in [0, 0.05) is 24.6 Å². The van der Waals surface area contributed by atoms with Crippen LogP contribution in [0, 0.1) is 12.3 Å². The Balaban J connectivity index is 1.83. The SMILES string of the molecule is Cc1ccccc1C(=O)CCN(C)C1CCC(C)(C)CC1. The van der Waals surface area contributed by atoms with Crippen molar-refractivity contribution in [1.29, 1.82) is 0 Å². The van der Waals surface area contributed by atoms with Gasteiger partial charge in [0.05, 0.1) is 0 Å². The Morgan fingerprint density at radius 3 is 2.48 bits per heavy atom. The molecule has 0 unspecified atom stereocenters. The zero-order chi connectivity index (χ0) is 15.5. The van der Waals surface area contributed by atoms with Crippen molar-refractivity contribution in [3.05, 3.63) is 35.4 Å². The standard InChI is InChI=1S/C19H29NO/c1-15-7-5-6-8-17(15)18(21)11-14-20(4)16-9-12-19(2,3)13-10-16/h5-8,16H,9-14H2,1-4H3. The number of hydrogen-bond donors (Lipinski definition) is 0. The zero-order valence-corrected chi connectivity index (χ0v) is 14.0. The third kappa shape index (κ3) is 4.41. The van der Waals surface area contributed by atoms with E-state index in [1.807, 2.05) is 31.2 Å². The lowest BCUT2D eigenvalue weighted by atomic mass is 9.75. The predicted molar refractivity (Wildman–Crippen MR) is 88.8 cm³/mol. The number of Topliss-reactive ketones (excluding diaryl/α,β-unsaturated/α-hetero) is 1. The van der Waals surface area contributed by atoms with Crippen molar-refractivity contribution >= 4 is 5.78 Å². The molecule has 0 heterocycles. The van der Waals surface area contributed by atoms with Crippen LogP contribution < -0.4 is 0 Å². The van der Waals surface area contributed by atoms with Crippen LogP contribution in [0.25, 0.3) is 0 Å². The van der Waals surface area contributed by atoms with Gasteiger partial charge in [-0.15, -0.1) is 0 Å². The number of nitrogens with zero attached hydrogens (tertiary/aromatic N) is 1. The highest BCUT2D eigenvalue weighted by Gasteiger charge is 2.28. The smallest absolute Gasteiger partial charge is 0.164 e. The topological polar surface area (TPSA) is 20.3 Å². The third-order valence-electron chi connectivity index (χ3n) is 5.07. The van der Waals surface area contributed by atoms with Gasteiger partial charge in [0.2, 0.25) is 0 Å². The molecule has 2 nitrogen and oxygen atoms in total. The highest BCUT2D eigenvalue weighted by Crippen LogP contribution is 2.36. The Bertz CT molecular complexity index is 482. The zero-order valence-electron chi connectivity index (χ0n) is 14.0. The van der Waals surface area contributed by atoms with Crippen LogP contribution in [0.5, 0.6) is 0 Å². The lowest BCUT2D eigenvalue weighted by Crippen LogP contribution is -2.38. The number of rotatable bonds is 5. The van der Waals surface area contributed by atoms with E-state index in [1.54, 1.807) is 0 Å². The molecule has 0 amide bonds. The first-order valence-electron chi connectivity index (χ1n) is 8.18. The maximum atomic E-state index is 12.3. The number of carbonyl (C=O) groups is 1. The molecule has 0 bridgehead atoms. The van der Waals surface area contributed by atoms with Gasteiger partial charge in [-0.25, -0.2) is 0 Å². The largest absolute Gasteiger partial charge is 0.303 e. The van der Waals surface area contributed by atoms with Crippen LogP contribution in [-0.4, -0.2) is 30.3 Å². The minimum atomic E-state index is 0.274. The second-order valence-corrected chi connectivity index (χ2v) is 7.36. The summed E-state index contributed by atoms with van der Waals surface area (Å²) in [5, 5.41) is 0. The second-order valence-electron chi connectivity index (χ2n) is 7.36. The van der Waals surface area contributed by atoms with Gasteiger partial charge < -0.3 is 4.90 Å². The molecule has 0 N–H and O–H groups in total. The molecule has 0 radical (unpaired) electrons. The summed E-state index contributed by atoms with van der Waals surface area (Å²) in [5.74, 6) is 0.274. The minimum Gasteiger partial charge on any atom is -0.303 e. The van der Waals surface area contributed by atoms with Crippen molar-refractivity contribution < 1.29 is 4.79 Å². The molecule has 0 aromatic heterocycles. The maximum Gasteiger partial charge on any atom is 0.164 e. The lowest BCUT2D eigenvalue weighted by molar-refractivity contribution is 0.0924. The van der Waals surface area contributed by atoms with E-state index in [2.05, 4.69) is 25.8 Å². The molecule has 2 rings (SSSR count). The first kappa shape index (κ1) is 16.2. The molecule has 0 spiro atoms. The van der Waals surface area contributed by atoms with Gasteiger partial charge in [-0.05, 0) is 50.6 Å². The molecule has 0 saturated heterocycles. The Hall–Kier alpha value is -1.15. The summed E-state index contributed by atoms with van der Waals surface area (Å²) in [6, 6.07) is 8.55. The van der Waals surface area contributed by atoms with Crippen molar-refractivity contribution in [2.45, 2.75) is 58.9 Å². The minimum absolute atomic E-state index is 0.274. The van der Waals surface area contributed by atoms with E-state index in [0.717, 1.165) is 17.7 Å². The molecule has 1 aromatic rings. The van der Waals surface area contributed by atoms with Gasteiger partial charge in [-0.3, -0.25) is 4.79 Å². The highest BCUT2D eigenvalue weighted by atomic mass is 16.1. The fraction of sp³-hybridized carbons (Fsp3) is 0.632. The molecule has 1 fully saturated rings. The van der Waals surface area contributed by atoms with E-state index in [0.29, 0.717) is 17.9 Å². The fourth-order valence-electron chi connectivity index (χ4n) is 3.31. The van der Waals surface area contributed by atoms with Crippen molar-refractivity contribution in [1.82, 2.24) is 4.90 Å². The average molecular weight is 287 g/mol. The number of aryl methyl sites for hydroxylation is 1. The van der Waals surface area contributed by atoms with E-state index in [1.165, 1.54) is 25.7 Å². The Kier molecular flexibility index (Phi) is 5.21. The monoisotopic (exact) mass is 287 g/mol. The first-order chi connectivity index (χ1) is 9.89. The first-order valence-corrected chi connectivity index (χ1v) is 8.18. The fourth-order valence-corrected chi connectivity index (χ4v) is 3.31. The van der Waals surface area contributed by atoms with E-state index >= 15 is 0 Å². The van der Waals surface area contributed by atoms with Crippen LogP contribution in [0.15, 0.2) is 24.3 Å². The maximum absolute atomic E-state index is 12.3. The van der Waals surface area contributed by atoms with Gasteiger partial charge in [0.15, 0.2) is 5.78 Å². The number of benzene rings is 1. The molecule has 0 atom stereocenters. The Morgan fingerprint density at radius 2 is 1.86 bits per heavy atom. The molecular weight excluding hydrogens is 258 g/mol. The van der Waals surface area contributed by atoms with Crippen LogP contribution in [0.2, 0.25) is 0 Å². The van der Waals surface area contributed by atoms with Crippen LogP contribution in [-0.2, 0) is 0 Å². The van der Waals surface area contributed by atoms with Gasteiger partial charge in [-0.2, -0.15) is 0 Å². The summed E-state index contributed by atoms with van der Waals surface area (Å²) >= 11 is 0. The van der Waals surface area contributed by atoms with Crippen LogP contribution >= 0.6 is 0 Å². The lowest BCUT2D eigenvalue weighted by Gasteiger charge is -2.38. The van der Waals surface area contributed by atoms with Crippen LogP contribution in [0.4, 0.5) is 0 Å². The second kappa shape index (κ2) is 6.74. The van der Waals surface area contributed by atoms with Gasteiger partial charge in [-0.1, -0.05) is 38.1 Å². The molecule has 21 heavy (non-hydrogen) atoms. The number of hydrogen-bond acceptors (Lipinski definition) is 2. The average Bonchev–Trinajstić information content (AvgIpc) is 2.45. The Labute approximate surface area is 129 Å². The van der Waals surface area contributed by atoms with Crippen molar-refractivity contribution in [2.24, 2.45) is 5.41 Å². The molecule has 1 saturated carbocycles. The molecule has 1 aliphatic rings. The summed E-state index contributed by atoms with van der Waals surface area (Å²) in [7, 11) is 2.17. The number of carbonyl (C=O) groups excluding carboxylic acids is 1. The van der Waals surface area contributed by atoms with Gasteiger partial charge >= 0.3 is 0 Å². The normalized spacial score (nSPS) is 18.9. The molecule has 0 aliphatic heterocycles. The summed E-state index contributed by atoms with van der Waals surface area (Å²) in [4.78, 5) is 14.7. The quantitative estimate of drug-likeness (QED) is 0.745. The summed E-state index contributed by atoms with van der Waals surface area (Å²) in [6.07, 6.45) is 5.76. The van der Waals surface area contributed by atoms with Crippen molar-refractivity contribution in [3.63, 3.8) is 0 Å². The van der Waals surface area contributed by atoms with Gasteiger partial charge in [0.1, 0.15) is 0 Å². The van der Waals surface area contributed by atoms with E-state index in [4.69, 9.17) is 0 Å². The molecule has 1 aromatic carbocycles. The van der Waals surface area contributed by atoms with Crippen LogP contribution in [0.3, 0.4) is 0 Å². The summed E-state index contributed by atoms with van der Waals surface area (Å²) in [5.41, 5.74) is 2.48. The summed E-state index contributed by atoms with van der Waals surface area (Å²) in [6.45, 7) is 7.62. The Morgan fingerprint density at radius 1 is 1.24 bits per heavy atom. The molecular formula is C19H29NO. The number of ketones is 1. The molecule has 1 aliphatic carbocycles. The van der Waals surface area contributed by atoms with E-state index < -0.39 is 0 Å². The summed E-state index contributed by atoms with van der Waals surface area (Å²) < 4.78 is 0. The van der Waals surface area contributed by atoms with E-state index in [-0.39, 0.29) is 5.78 Å². The highest BCUT2D eigenvalue weighted by molar-refractivity contribution is 5.97. The third-order valence-corrected chi connectivity index (χ3v) is 5.07. The van der Waals surface area contributed by atoms with E-state index in [9.17, 15) is 4.79 Å². The van der Waals surface area contributed by atoms with Gasteiger partial charge in [0.25, 0.3) is 0 Å². The molecule has 2 heteroatoms. The van der Waals surface area contributed by atoms with Crippen molar-refractivity contribution in [3.8, 4) is 0 Å². The predicted octanol–water partition coefficient (Wildman–Crippen LogP) is 4.47. The van der Waals surface area contributed by atoms with Crippen molar-refractivity contribution in [2.75, 3.05) is 13.6 Å². The molecule has 116 valence electrons.